The molecule has 3 rings (SSSR count). The van der Waals surface area contributed by atoms with Gasteiger partial charge >= 0.3 is 5.97 Å². The van der Waals surface area contributed by atoms with Crippen LogP contribution in [0.15, 0.2) is 60.7 Å². The van der Waals surface area contributed by atoms with Crippen molar-refractivity contribution in [3.8, 4) is 28.5 Å². The number of hydrogen-bond donors (Lipinski definition) is 1. The van der Waals surface area contributed by atoms with Gasteiger partial charge in [-0.1, -0.05) is 6.07 Å². The van der Waals surface area contributed by atoms with Crippen LogP contribution in [0.1, 0.15) is 31.2 Å². The van der Waals surface area contributed by atoms with Crippen molar-refractivity contribution in [2.45, 2.75) is 26.9 Å². The van der Waals surface area contributed by atoms with E-state index in [4.69, 9.17) is 29.0 Å². The van der Waals surface area contributed by atoms with Gasteiger partial charge in [0.25, 0.3) is 0 Å². The molecule has 0 radical (unpaired) electrons. The van der Waals surface area contributed by atoms with Crippen LogP contribution in [0.5, 0.6) is 17.2 Å². The lowest BCUT2D eigenvalue weighted by Gasteiger charge is -2.20. The van der Waals surface area contributed by atoms with Gasteiger partial charge in [0.2, 0.25) is 0 Å². The molecule has 0 aliphatic heterocycles. The number of nitrogens with zero attached hydrogens (tertiary/aromatic N) is 1. The third kappa shape index (κ3) is 6.95. The fourth-order valence-electron chi connectivity index (χ4n) is 3.25. The summed E-state index contributed by atoms with van der Waals surface area (Å²) in [6, 6.07) is 18.9. The minimum atomic E-state index is -1.02. The molecule has 0 saturated heterocycles. The maximum atomic E-state index is 10.8. The fraction of sp³-hybridized carbons (Fsp3) is 0.308. The molecule has 0 aliphatic carbocycles. The van der Waals surface area contributed by atoms with Crippen molar-refractivity contribution < 1.29 is 28.8 Å². The van der Waals surface area contributed by atoms with Crippen LogP contribution >= 0.6 is 0 Å². The molecule has 7 heteroatoms. The van der Waals surface area contributed by atoms with Crippen molar-refractivity contribution in [3.05, 3.63) is 71.9 Å². The van der Waals surface area contributed by atoms with E-state index in [2.05, 4.69) is 0 Å². The molecule has 1 atom stereocenters. The summed E-state index contributed by atoms with van der Waals surface area (Å²) in [4.78, 5) is 15.6. The van der Waals surface area contributed by atoms with Gasteiger partial charge in [-0.2, -0.15) is 0 Å². The number of carboxylic acids is 1. The van der Waals surface area contributed by atoms with E-state index in [1.807, 2.05) is 69.3 Å². The molecule has 1 heterocycles. The van der Waals surface area contributed by atoms with Crippen molar-refractivity contribution in [2.75, 3.05) is 26.4 Å². The molecular weight excluding hydrogens is 422 g/mol. The topological polar surface area (TPSA) is 87.1 Å². The molecule has 1 aromatic heterocycles. The lowest BCUT2D eigenvalue weighted by molar-refractivity contribution is -0.139. The molecule has 33 heavy (non-hydrogen) atoms. The number of pyridine rings is 1. The van der Waals surface area contributed by atoms with E-state index in [0.29, 0.717) is 31.3 Å². The van der Waals surface area contributed by atoms with Crippen LogP contribution in [-0.2, 0) is 9.53 Å². The van der Waals surface area contributed by atoms with Crippen molar-refractivity contribution in [1.29, 1.82) is 0 Å². The van der Waals surface area contributed by atoms with E-state index in [9.17, 15) is 4.79 Å². The largest absolute Gasteiger partial charge is 0.494 e. The Morgan fingerprint density at radius 2 is 1.73 bits per heavy atom. The number of hydrogen-bond acceptors (Lipinski definition) is 6. The van der Waals surface area contributed by atoms with Gasteiger partial charge in [-0.3, -0.25) is 0 Å². The second kappa shape index (κ2) is 11.9. The number of carbonyl (C=O) groups is 1. The third-order valence-electron chi connectivity index (χ3n) is 4.81. The number of rotatable bonds is 12. The van der Waals surface area contributed by atoms with Crippen molar-refractivity contribution in [1.82, 2.24) is 4.98 Å². The highest BCUT2D eigenvalue weighted by molar-refractivity contribution is 5.68. The van der Waals surface area contributed by atoms with Gasteiger partial charge < -0.3 is 24.1 Å². The Bertz CT molecular complexity index is 1050. The first-order valence-electron chi connectivity index (χ1n) is 10.9. The van der Waals surface area contributed by atoms with Crippen molar-refractivity contribution in [3.63, 3.8) is 0 Å². The number of aromatic nitrogens is 1. The summed E-state index contributed by atoms with van der Waals surface area (Å²) >= 11 is 0. The highest BCUT2D eigenvalue weighted by atomic mass is 16.5. The number of carboxylic acid groups (broad SMARTS) is 1. The SMILES string of the molecule is CCOCC(Oc1ccc(OCC(=O)O)c(C)c1)c1cccc(-c2ccc(OCC)cc2)n1. The fourth-order valence-corrected chi connectivity index (χ4v) is 3.25. The van der Waals surface area contributed by atoms with Crippen LogP contribution in [0, 0.1) is 6.92 Å². The van der Waals surface area contributed by atoms with E-state index in [1.165, 1.54) is 0 Å². The predicted octanol–water partition coefficient (Wildman–Crippen LogP) is 5.08. The Labute approximate surface area is 193 Å². The monoisotopic (exact) mass is 451 g/mol. The van der Waals surface area contributed by atoms with E-state index >= 15 is 0 Å². The van der Waals surface area contributed by atoms with Crippen LogP contribution in [0.25, 0.3) is 11.3 Å². The quantitative estimate of drug-likeness (QED) is 0.411. The summed E-state index contributed by atoms with van der Waals surface area (Å²) in [7, 11) is 0. The summed E-state index contributed by atoms with van der Waals surface area (Å²) in [6.45, 7) is 6.85. The molecule has 0 saturated carbocycles. The zero-order chi connectivity index (χ0) is 23.6. The standard InChI is InChI=1S/C26H29NO6/c1-4-30-16-25(33-21-13-14-24(18(3)15-21)32-17-26(28)29)23-8-6-7-22(27-23)19-9-11-20(12-10-19)31-5-2/h6-15,25H,4-5,16-17H2,1-3H3,(H,28,29). The summed E-state index contributed by atoms with van der Waals surface area (Å²) in [5.41, 5.74) is 3.33. The maximum Gasteiger partial charge on any atom is 0.341 e. The Kier molecular flexibility index (Phi) is 8.66. The Morgan fingerprint density at radius 3 is 2.39 bits per heavy atom. The minimum Gasteiger partial charge on any atom is -0.494 e. The van der Waals surface area contributed by atoms with Gasteiger partial charge in [-0.25, -0.2) is 9.78 Å². The number of benzene rings is 2. The second-order valence-electron chi connectivity index (χ2n) is 7.28. The first-order chi connectivity index (χ1) is 16.0. The predicted molar refractivity (Wildman–Crippen MR) is 125 cm³/mol. The van der Waals surface area contributed by atoms with E-state index in [0.717, 1.165) is 28.3 Å². The molecule has 2 aromatic carbocycles. The first-order valence-corrected chi connectivity index (χ1v) is 10.9. The lowest BCUT2D eigenvalue weighted by Crippen LogP contribution is -2.16. The van der Waals surface area contributed by atoms with Gasteiger partial charge in [0.05, 0.1) is 24.6 Å². The Balaban J connectivity index is 1.80. The van der Waals surface area contributed by atoms with E-state index in [1.54, 1.807) is 12.1 Å². The molecule has 174 valence electrons. The first kappa shape index (κ1) is 24.1. The van der Waals surface area contributed by atoms with Crippen molar-refractivity contribution >= 4 is 5.97 Å². The van der Waals surface area contributed by atoms with Crippen LogP contribution in [0.4, 0.5) is 0 Å². The molecule has 3 aromatic rings. The molecule has 0 amide bonds. The van der Waals surface area contributed by atoms with Gasteiger partial charge in [0.1, 0.15) is 17.2 Å². The van der Waals surface area contributed by atoms with Gasteiger partial charge in [0.15, 0.2) is 12.7 Å². The molecule has 0 aliphatic rings. The lowest BCUT2D eigenvalue weighted by atomic mass is 10.1. The molecule has 0 spiro atoms. The summed E-state index contributed by atoms with van der Waals surface area (Å²) in [5.74, 6) is 0.918. The second-order valence-corrected chi connectivity index (χ2v) is 7.28. The Hall–Kier alpha value is -3.58. The highest BCUT2D eigenvalue weighted by Gasteiger charge is 2.17. The molecule has 1 unspecified atom stereocenters. The molecule has 1 N–H and O–H groups in total. The smallest absolute Gasteiger partial charge is 0.341 e. The zero-order valence-corrected chi connectivity index (χ0v) is 19.1. The van der Waals surface area contributed by atoms with Crippen LogP contribution < -0.4 is 14.2 Å². The van der Waals surface area contributed by atoms with Gasteiger partial charge in [0, 0.05) is 12.2 Å². The average molecular weight is 452 g/mol. The average Bonchev–Trinajstić information content (AvgIpc) is 2.82. The van der Waals surface area contributed by atoms with E-state index < -0.39 is 18.7 Å². The van der Waals surface area contributed by atoms with Crippen molar-refractivity contribution in [2.24, 2.45) is 0 Å². The van der Waals surface area contributed by atoms with Crippen LogP contribution in [-0.4, -0.2) is 42.5 Å². The molecular formula is C26H29NO6. The normalized spacial score (nSPS) is 11.6. The Morgan fingerprint density at radius 1 is 0.970 bits per heavy atom. The van der Waals surface area contributed by atoms with Crippen LogP contribution in [0.2, 0.25) is 0 Å². The zero-order valence-electron chi connectivity index (χ0n) is 19.1. The summed E-state index contributed by atoms with van der Waals surface area (Å²) < 4.78 is 22.7. The number of ether oxygens (including phenoxy) is 4. The van der Waals surface area contributed by atoms with Gasteiger partial charge in [-0.05, 0) is 80.9 Å². The maximum absolute atomic E-state index is 10.8. The van der Waals surface area contributed by atoms with E-state index in [-0.39, 0.29) is 0 Å². The molecule has 0 bridgehead atoms. The van der Waals surface area contributed by atoms with Gasteiger partial charge in [-0.15, -0.1) is 0 Å². The number of aliphatic carboxylic acids is 1. The molecule has 7 nitrogen and oxygen atoms in total. The summed E-state index contributed by atoms with van der Waals surface area (Å²) in [6.07, 6.45) is -0.419. The molecule has 0 fully saturated rings. The highest BCUT2D eigenvalue weighted by Crippen LogP contribution is 2.29. The van der Waals surface area contributed by atoms with Crippen LogP contribution in [0.3, 0.4) is 0 Å². The minimum absolute atomic E-state index is 0.340. The summed E-state index contributed by atoms with van der Waals surface area (Å²) in [5, 5.41) is 8.81. The number of aryl methyl sites for hydroxylation is 1. The third-order valence-corrected chi connectivity index (χ3v) is 4.81.